The normalized spacial score (nSPS) is 22.8. The first-order valence-electron chi connectivity index (χ1n) is 12.8. The Balaban J connectivity index is 1.40. The van der Waals surface area contributed by atoms with E-state index in [0.717, 1.165) is 43.6 Å². The van der Waals surface area contributed by atoms with Crippen molar-refractivity contribution in [2.45, 2.75) is 71.1 Å². The maximum atomic E-state index is 15.0. The van der Waals surface area contributed by atoms with Gasteiger partial charge in [0.2, 0.25) is 0 Å². The first kappa shape index (κ1) is 24.6. The van der Waals surface area contributed by atoms with Crippen molar-refractivity contribution in [3.63, 3.8) is 0 Å². The fraction of sp³-hybridized carbons (Fsp3) is 0.467. The van der Waals surface area contributed by atoms with E-state index in [2.05, 4.69) is 6.92 Å². The summed E-state index contributed by atoms with van der Waals surface area (Å²) >= 11 is 0. The van der Waals surface area contributed by atoms with Gasteiger partial charge in [-0.1, -0.05) is 57.0 Å². The molecule has 1 nitrogen and oxygen atoms in total. The average molecular weight is 469 g/mol. The van der Waals surface area contributed by atoms with E-state index >= 15 is 8.78 Å². The molecule has 2 aliphatic carbocycles. The van der Waals surface area contributed by atoms with Crippen molar-refractivity contribution in [2.75, 3.05) is 6.61 Å². The Bertz CT molecular complexity index is 1030. The zero-order valence-corrected chi connectivity index (χ0v) is 20.3. The van der Waals surface area contributed by atoms with Gasteiger partial charge in [0, 0.05) is 11.5 Å². The first-order chi connectivity index (χ1) is 16.5. The molecule has 4 heteroatoms. The van der Waals surface area contributed by atoms with E-state index in [1.807, 2.05) is 13.0 Å². The lowest BCUT2D eigenvalue weighted by atomic mass is 9.77. The largest absolute Gasteiger partial charge is 0.489 e. The highest BCUT2D eigenvalue weighted by Crippen LogP contribution is 2.40. The van der Waals surface area contributed by atoms with Crippen LogP contribution in [0.5, 0.6) is 5.75 Å². The molecule has 0 unspecified atom stereocenters. The molecule has 182 valence electrons. The van der Waals surface area contributed by atoms with E-state index in [1.54, 1.807) is 42.5 Å². The van der Waals surface area contributed by atoms with E-state index in [-0.39, 0.29) is 29.8 Å². The Morgan fingerprint density at radius 3 is 2.26 bits per heavy atom. The monoisotopic (exact) mass is 468 g/mol. The molecule has 0 aromatic heterocycles. The third-order valence-corrected chi connectivity index (χ3v) is 7.54. The number of ether oxygens (including phenoxy) is 1. The highest BCUT2D eigenvalue weighted by Gasteiger charge is 2.26. The minimum atomic E-state index is -0.777. The molecule has 0 saturated heterocycles. The zero-order chi connectivity index (χ0) is 24.1. The summed E-state index contributed by atoms with van der Waals surface area (Å²) in [7, 11) is 0. The number of halogens is 3. The molecule has 2 aromatic carbocycles. The lowest BCUT2D eigenvalue weighted by Crippen LogP contribution is -2.14. The maximum Gasteiger partial charge on any atom is 0.166 e. The molecule has 0 amide bonds. The van der Waals surface area contributed by atoms with Crippen LogP contribution in [0.4, 0.5) is 13.2 Å². The van der Waals surface area contributed by atoms with Crippen molar-refractivity contribution in [1.82, 2.24) is 0 Å². The minimum Gasteiger partial charge on any atom is -0.489 e. The lowest BCUT2D eigenvalue weighted by Gasteiger charge is -2.29. The van der Waals surface area contributed by atoms with Crippen LogP contribution in [-0.2, 0) is 0 Å². The van der Waals surface area contributed by atoms with Crippen LogP contribution in [0, 0.1) is 23.5 Å². The number of rotatable bonds is 8. The fourth-order valence-electron chi connectivity index (χ4n) is 5.39. The molecule has 0 aliphatic heterocycles. The van der Waals surface area contributed by atoms with Crippen LogP contribution in [0.15, 0.2) is 60.0 Å². The minimum absolute atomic E-state index is 0.0270. The second-order valence-electron chi connectivity index (χ2n) is 9.80. The Labute approximate surface area is 201 Å². The van der Waals surface area contributed by atoms with Crippen molar-refractivity contribution in [3.8, 4) is 16.9 Å². The van der Waals surface area contributed by atoms with Crippen LogP contribution < -0.4 is 4.74 Å². The van der Waals surface area contributed by atoms with Gasteiger partial charge in [0.1, 0.15) is 18.2 Å². The molecule has 0 radical (unpaired) electrons. The van der Waals surface area contributed by atoms with Crippen LogP contribution in [0.2, 0.25) is 0 Å². The number of benzene rings is 2. The summed E-state index contributed by atoms with van der Waals surface area (Å²) in [5, 5.41) is 0. The summed E-state index contributed by atoms with van der Waals surface area (Å²) in [6.45, 7) is 4.46. The molecule has 0 N–H and O–H groups in total. The standard InChI is InChI=1S/C30H35F3O/c1-3-5-20-6-10-23(11-7-20)26-16-17-27(30(33)29(26)32)24-12-14-25(15-13-24)34-19-21-8-9-22(4-2)28(31)18-21/h8,12-18,20,22-23H,3-7,9-11,19H2,1-2H3/t20?,22-,23?/m0/s1. The zero-order valence-electron chi connectivity index (χ0n) is 20.3. The van der Waals surface area contributed by atoms with Crippen LogP contribution in [-0.4, -0.2) is 6.61 Å². The van der Waals surface area contributed by atoms with Gasteiger partial charge in [0.25, 0.3) is 0 Å². The molecular formula is C30H35F3O. The van der Waals surface area contributed by atoms with Gasteiger partial charge in [-0.15, -0.1) is 0 Å². The molecule has 2 aliphatic rings. The van der Waals surface area contributed by atoms with Crippen molar-refractivity contribution in [2.24, 2.45) is 11.8 Å². The molecule has 1 saturated carbocycles. The maximum absolute atomic E-state index is 15.0. The van der Waals surface area contributed by atoms with Crippen LogP contribution >= 0.6 is 0 Å². The first-order valence-corrected chi connectivity index (χ1v) is 12.8. The molecule has 0 bridgehead atoms. The van der Waals surface area contributed by atoms with E-state index in [9.17, 15) is 4.39 Å². The summed E-state index contributed by atoms with van der Waals surface area (Å²) in [5.74, 6) is -0.160. The molecule has 34 heavy (non-hydrogen) atoms. The highest BCUT2D eigenvalue weighted by atomic mass is 19.2. The van der Waals surface area contributed by atoms with Gasteiger partial charge in [0.05, 0.1) is 0 Å². The summed E-state index contributed by atoms with van der Waals surface area (Å²) in [4.78, 5) is 0. The summed E-state index contributed by atoms with van der Waals surface area (Å²) < 4.78 is 49.9. The average Bonchev–Trinajstić information content (AvgIpc) is 2.86. The third kappa shape index (κ3) is 5.59. The predicted molar refractivity (Wildman–Crippen MR) is 133 cm³/mol. The Morgan fingerprint density at radius 1 is 0.882 bits per heavy atom. The smallest absolute Gasteiger partial charge is 0.166 e. The van der Waals surface area contributed by atoms with Crippen LogP contribution in [0.1, 0.15) is 76.7 Å². The quantitative estimate of drug-likeness (QED) is 0.375. The summed E-state index contributed by atoms with van der Waals surface area (Å²) in [5.41, 5.74) is 2.20. The van der Waals surface area contributed by atoms with E-state index in [0.29, 0.717) is 23.3 Å². The molecule has 0 spiro atoms. The second kappa shape index (κ2) is 11.3. The Morgan fingerprint density at radius 2 is 1.62 bits per heavy atom. The Kier molecular flexibility index (Phi) is 8.18. The molecule has 1 fully saturated rings. The van der Waals surface area contributed by atoms with Crippen molar-refractivity contribution in [3.05, 3.63) is 77.1 Å². The summed E-state index contributed by atoms with van der Waals surface area (Å²) in [6.07, 6.45) is 11.5. The van der Waals surface area contributed by atoms with Gasteiger partial charge in [-0.2, -0.15) is 0 Å². The van der Waals surface area contributed by atoms with E-state index in [1.165, 1.54) is 12.8 Å². The molecular weight excluding hydrogens is 433 g/mol. The van der Waals surface area contributed by atoms with Gasteiger partial charge in [-0.25, -0.2) is 13.2 Å². The van der Waals surface area contributed by atoms with Gasteiger partial charge >= 0.3 is 0 Å². The number of hydrogen-bond donors (Lipinski definition) is 0. The van der Waals surface area contributed by atoms with Crippen molar-refractivity contribution >= 4 is 0 Å². The Hall–Kier alpha value is -2.49. The van der Waals surface area contributed by atoms with E-state index < -0.39 is 11.6 Å². The molecule has 2 aromatic rings. The second-order valence-corrected chi connectivity index (χ2v) is 9.80. The number of allylic oxidation sites excluding steroid dienone is 2. The van der Waals surface area contributed by atoms with Crippen molar-refractivity contribution < 1.29 is 17.9 Å². The molecule has 1 atom stereocenters. The molecule has 4 rings (SSSR count). The SMILES string of the molecule is CCCC1CCC(c2ccc(-c3ccc(OCC4=CC[C@H](CC)C(F)=C4)cc3)c(F)c2F)CC1. The highest BCUT2D eigenvalue weighted by molar-refractivity contribution is 5.65. The van der Waals surface area contributed by atoms with E-state index in [4.69, 9.17) is 4.74 Å². The van der Waals surface area contributed by atoms with Gasteiger partial charge in [0.15, 0.2) is 11.6 Å². The van der Waals surface area contributed by atoms with Gasteiger partial charge < -0.3 is 4.74 Å². The van der Waals surface area contributed by atoms with Gasteiger partial charge in [-0.3, -0.25) is 0 Å². The van der Waals surface area contributed by atoms with Crippen molar-refractivity contribution in [1.29, 1.82) is 0 Å². The summed E-state index contributed by atoms with van der Waals surface area (Å²) in [6, 6.07) is 10.4. The van der Waals surface area contributed by atoms with Gasteiger partial charge in [-0.05, 0) is 85.3 Å². The lowest BCUT2D eigenvalue weighted by molar-refractivity contribution is 0.303. The number of hydrogen-bond acceptors (Lipinski definition) is 1. The third-order valence-electron chi connectivity index (χ3n) is 7.54. The molecule has 0 heterocycles. The van der Waals surface area contributed by atoms with Crippen LogP contribution in [0.25, 0.3) is 11.1 Å². The predicted octanol–water partition coefficient (Wildman–Crippen LogP) is 9.29. The van der Waals surface area contributed by atoms with Crippen LogP contribution in [0.3, 0.4) is 0 Å². The topological polar surface area (TPSA) is 9.23 Å². The fourth-order valence-corrected chi connectivity index (χ4v) is 5.39.